The second-order valence-corrected chi connectivity index (χ2v) is 11.3. The highest BCUT2D eigenvalue weighted by Crippen LogP contribution is 2.41. The lowest BCUT2D eigenvalue weighted by atomic mass is 9.94. The largest absolute Gasteiger partial charge is 0.508 e. The SMILES string of the molecule is CCc1c(F)ccc2cc(O)cc(-c3ncc4c(NCc5c[nH]cn5)nc(OC[C@@]56CCCN5C[C@H](F)C6)nc4c3F)c12. The third kappa shape index (κ3) is 4.79. The molecule has 2 atom stereocenters. The van der Waals surface area contributed by atoms with Gasteiger partial charge in [0.2, 0.25) is 0 Å². The zero-order valence-electron chi connectivity index (χ0n) is 23.5. The molecular weight excluding hydrogens is 559 g/mol. The number of imidazole rings is 1. The van der Waals surface area contributed by atoms with Crippen molar-refractivity contribution >= 4 is 27.5 Å². The Morgan fingerprint density at radius 2 is 2.09 bits per heavy atom. The van der Waals surface area contributed by atoms with E-state index in [2.05, 4.69) is 35.1 Å². The minimum absolute atomic E-state index is 0.0546. The summed E-state index contributed by atoms with van der Waals surface area (Å²) in [4.78, 5) is 22.7. The lowest BCUT2D eigenvalue weighted by Crippen LogP contribution is -2.43. The molecule has 3 aromatic heterocycles. The standard InChI is InChI=1S/C31H30F3N7O2/c1-2-21-24(33)5-4-17-8-20(42)9-22(25(17)21)27-26(34)28-23(13-36-27)29(37-12-19-11-35-16-38-19)40-30(39-28)43-15-31-6-3-7-41(31)14-18(32)10-31/h4-5,8-9,11,13,16,18,42H,2-3,6-7,10,12,14-15H2,1H3,(H,35,38)(H,37,39,40)/t18-,31+/m1/s1. The number of nitrogens with zero attached hydrogens (tertiary/aromatic N) is 5. The summed E-state index contributed by atoms with van der Waals surface area (Å²) in [5.41, 5.74) is 0.765. The number of alkyl halides is 1. The third-order valence-corrected chi connectivity index (χ3v) is 8.65. The first-order valence-electron chi connectivity index (χ1n) is 14.4. The Bertz CT molecular complexity index is 1830. The molecule has 0 amide bonds. The minimum atomic E-state index is -0.923. The molecule has 0 radical (unpaired) electrons. The molecule has 3 N–H and O–H groups in total. The van der Waals surface area contributed by atoms with Crippen molar-refractivity contribution in [3.63, 3.8) is 0 Å². The highest BCUT2D eigenvalue weighted by atomic mass is 19.1. The molecule has 2 saturated heterocycles. The van der Waals surface area contributed by atoms with Crippen molar-refractivity contribution < 1.29 is 23.0 Å². The van der Waals surface area contributed by atoms with Gasteiger partial charge in [-0.1, -0.05) is 13.0 Å². The van der Waals surface area contributed by atoms with E-state index in [1.54, 1.807) is 18.6 Å². The molecule has 0 saturated carbocycles. The summed E-state index contributed by atoms with van der Waals surface area (Å²) in [5.74, 6) is -1.00. The van der Waals surface area contributed by atoms with E-state index in [0.717, 1.165) is 19.4 Å². The van der Waals surface area contributed by atoms with Gasteiger partial charge in [0.15, 0.2) is 5.82 Å². The fraction of sp³-hybridized carbons (Fsp3) is 0.355. The number of benzene rings is 2. The van der Waals surface area contributed by atoms with Crippen LogP contribution in [0.4, 0.5) is 19.0 Å². The summed E-state index contributed by atoms with van der Waals surface area (Å²) in [6.45, 7) is 3.46. The lowest BCUT2D eigenvalue weighted by Gasteiger charge is -2.30. The highest BCUT2D eigenvalue weighted by Gasteiger charge is 2.49. The van der Waals surface area contributed by atoms with Crippen LogP contribution in [-0.4, -0.2) is 66.3 Å². The number of phenolic OH excluding ortho intramolecular Hbond substituents is 1. The molecule has 222 valence electrons. The number of aromatic amines is 1. The van der Waals surface area contributed by atoms with Crippen LogP contribution in [0.1, 0.15) is 37.4 Å². The van der Waals surface area contributed by atoms with Crippen LogP contribution in [0.25, 0.3) is 32.9 Å². The van der Waals surface area contributed by atoms with Crippen LogP contribution in [0, 0.1) is 11.6 Å². The minimum Gasteiger partial charge on any atom is -0.508 e. The molecule has 5 heterocycles. The number of aromatic nitrogens is 5. The van der Waals surface area contributed by atoms with E-state index in [1.807, 2.05) is 6.92 Å². The van der Waals surface area contributed by atoms with Gasteiger partial charge in [0, 0.05) is 30.9 Å². The number of anilines is 1. The Morgan fingerprint density at radius 3 is 2.91 bits per heavy atom. The maximum atomic E-state index is 16.5. The number of H-pyrrole nitrogens is 1. The van der Waals surface area contributed by atoms with Crippen LogP contribution in [0.3, 0.4) is 0 Å². The maximum Gasteiger partial charge on any atom is 0.319 e. The number of hydrogen-bond acceptors (Lipinski definition) is 8. The van der Waals surface area contributed by atoms with Gasteiger partial charge >= 0.3 is 6.01 Å². The molecule has 0 aliphatic carbocycles. The van der Waals surface area contributed by atoms with Crippen molar-refractivity contribution in [2.24, 2.45) is 0 Å². The van der Waals surface area contributed by atoms with Crippen molar-refractivity contribution in [2.75, 3.05) is 25.0 Å². The van der Waals surface area contributed by atoms with E-state index < -0.39 is 23.3 Å². The molecule has 5 aromatic rings. The number of pyridine rings is 1. The Labute approximate surface area is 245 Å². The molecule has 2 aromatic carbocycles. The van der Waals surface area contributed by atoms with Gasteiger partial charge in [-0.05, 0) is 60.3 Å². The molecule has 0 unspecified atom stereocenters. The van der Waals surface area contributed by atoms with E-state index in [0.29, 0.717) is 46.8 Å². The summed E-state index contributed by atoms with van der Waals surface area (Å²) in [5, 5.41) is 15.0. The maximum absolute atomic E-state index is 16.5. The van der Waals surface area contributed by atoms with E-state index in [-0.39, 0.29) is 47.5 Å². The van der Waals surface area contributed by atoms with Crippen molar-refractivity contribution in [3.05, 3.63) is 65.9 Å². The summed E-state index contributed by atoms with van der Waals surface area (Å²) in [7, 11) is 0. The third-order valence-electron chi connectivity index (χ3n) is 8.65. The van der Waals surface area contributed by atoms with E-state index >= 15 is 4.39 Å². The van der Waals surface area contributed by atoms with E-state index in [9.17, 15) is 13.9 Å². The van der Waals surface area contributed by atoms with Crippen molar-refractivity contribution in [1.29, 1.82) is 0 Å². The van der Waals surface area contributed by atoms with Gasteiger partial charge in [-0.25, -0.2) is 18.2 Å². The molecule has 9 nitrogen and oxygen atoms in total. The predicted octanol–water partition coefficient (Wildman–Crippen LogP) is 5.68. The monoisotopic (exact) mass is 589 g/mol. The second kappa shape index (κ2) is 10.7. The molecule has 7 rings (SSSR count). The molecule has 2 aliphatic heterocycles. The number of aromatic hydroxyl groups is 1. The molecule has 2 fully saturated rings. The number of rotatable bonds is 8. The van der Waals surface area contributed by atoms with Crippen molar-refractivity contribution in [2.45, 2.75) is 50.9 Å². The first-order chi connectivity index (χ1) is 20.8. The normalized spacial score (nSPS) is 20.2. The van der Waals surface area contributed by atoms with Gasteiger partial charge in [0.25, 0.3) is 0 Å². The highest BCUT2D eigenvalue weighted by molar-refractivity contribution is 6.01. The number of halogens is 3. The zero-order chi connectivity index (χ0) is 29.7. The topological polar surface area (TPSA) is 112 Å². The van der Waals surface area contributed by atoms with Gasteiger partial charge in [-0.3, -0.25) is 9.88 Å². The van der Waals surface area contributed by atoms with Crippen LogP contribution < -0.4 is 10.1 Å². The van der Waals surface area contributed by atoms with Gasteiger partial charge in [0.05, 0.1) is 29.5 Å². The van der Waals surface area contributed by atoms with Crippen molar-refractivity contribution in [1.82, 2.24) is 29.8 Å². The predicted molar refractivity (Wildman–Crippen MR) is 156 cm³/mol. The first kappa shape index (κ1) is 27.4. The van der Waals surface area contributed by atoms with Crippen LogP contribution in [0.2, 0.25) is 0 Å². The fourth-order valence-corrected chi connectivity index (χ4v) is 6.67. The summed E-state index contributed by atoms with van der Waals surface area (Å²) in [6, 6.07) is 5.72. The first-order valence-corrected chi connectivity index (χ1v) is 14.4. The van der Waals surface area contributed by atoms with Gasteiger partial charge < -0.3 is 20.1 Å². The molecular formula is C31H30F3N7O2. The molecule has 2 aliphatic rings. The average molecular weight is 590 g/mol. The van der Waals surface area contributed by atoms with Crippen LogP contribution >= 0.6 is 0 Å². The van der Waals surface area contributed by atoms with Gasteiger partial charge in [-0.15, -0.1) is 0 Å². The zero-order valence-corrected chi connectivity index (χ0v) is 23.5. The van der Waals surface area contributed by atoms with Gasteiger partial charge in [-0.2, -0.15) is 9.97 Å². The number of fused-ring (bicyclic) bond motifs is 3. The van der Waals surface area contributed by atoms with Gasteiger partial charge in [0.1, 0.15) is 41.4 Å². The summed E-state index contributed by atoms with van der Waals surface area (Å²) >= 11 is 0. The summed E-state index contributed by atoms with van der Waals surface area (Å²) in [6.07, 6.45) is 6.28. The molecule has 43 heavy (non-hydrogen) atoms. The number of ether oxygens (including phenoxy) is 1. The second-order valence-electron chi connectivity index (χ2n) is 11.3. The quantitative estimate of drug-likeness (QED) is 0.212. The van der Waals surface area contributed by atoms with E-state index in [4.69, 9.17) is 4.74 Å². The number of hydrogen-bond donors (Lipinski definition) is 3. The lowest BCUT2D eigenvalue weighted by molar-refractivity contribution is 0.107. The van der Waals surface area contributed by atoms with Crippen LogP contribution in [0.15, 0.2) is 43.0 Å². The number of aryl methyl sites for hydroxylation is 1. The Balaban J connectivity index is 1.35. The van der Waals surface area contributed by atoms with Crippen LogP contribution in [0.5, 0.6) is 11.8 Å². The summed E-state index contributed by atoms with van der Waals surface area (Å²) < 4.78 is 51.9. The van der Waals surface area contributed by atoms with E-state index in [1.165, 1.54) is 24.4 Å². The molecule has 12 heteroatoms. The molecule has 0 spiro atoms. The van der Waals surface area contributed by atoms with Crippen LogP contribution in [-0.2, 0) is 13.0 Å². The number of phenols is 1. The smallest absolute Gasteiger partial charge is 0.319 e. The number of nitrogens with one attached hydrogen (secondary N) is 2. The Hall–Kier alpha value is -4.45. The Kier molecular flexibility index (Phi) is 6.80. The Morgan fingerprint density at radius 1 is 1.21 bits per heavy atom. The fourth-order valence-electron chi connectivity index (χ4n) is 6.67. The molecule has 0 bridgehead atoms. The average Bonchev–Trinajstić information content (AvgIpc) is 3.72. The van der Waals surface area contributed by atoms with Crippen molar-refractivity contribution in [3.8, 4) is 23.0 Å².